The third kappa shape index (κ3) is 3.48. The molecule has 0 N–H and O–H groups in total. The van der Waals surface area contributed by atoms with Crippen LogP contribution in [-0.2, 0) is 9.59 Å². The van der Waals surface area contributed by atoms with Crippen molar-refractivity contribution in [2.75, 3.05) is 13.1 Å². The highest BCUT2D eigenvalue weighted by molar-refractivity contribution is 5.83. The average molecular weight is 197 g/mol. The molecule has 1 heterocycles. The van der Waals surface area contributed by atoms with Crippen molar-refractivity contribution in [3.63, 3.8) is 0 Å². The van der Waals surface area contributed by atoms with E-state index >= 15 is 0 Å². The Labute approximate surface area is 85.5 Å². The van der Waals surface area contributed by atoms with Crippen molar-refractivity contribution < 1.29 is 9.59 Å². The molecular weight excluding hydrogens is 178 g/mol. The Balaban J connectivity index is 2.20. The molecule has 80 valence electrons. The maximum Gasteiger partial charge on any atom is 0.222 e. The highest BCUT2D eigenvalue weighted by Gasteiger charge is 2.19. The normalized spacial score (nSPS) is 17.2. The molecule has 0 bridgehead atoms. The molecule has 0 aromatic heterocycles. The summed E-state index contributed by atoms with van der Waals surface area (Å²) in [5.74, 6) is 0.522. The molecule has 14 heavy (non-hydrogen) atoms. The second-order valence-electron chi connectivity index (χ2n) is 3.88. The quantitative estimate of drug-likeness (QED) is 0.644. The standard InChI is InChI=1S/C11H19NO2/c1-2-3-4-5-11(14)12-8-6-10(13)7-9-12/h2-9H2,1H3. The zero-order valence-corrected chi connectivity index (χ0v) is 8.92. The van der Waals surface area contributed by atoms with Crippen molar-refractivity contribution in [2.45, 2.75) is 45.4 Å². The van der Waals surface area contributed by atoms with Gasteiger partial charge in [0.15, 0.2) is 0 Å². The summed E-state index contributed by atoms with van der Waals surface area (Å²) >= 11 is 0. The minimum absolute atomic E-state index is 0.228. The van der Waals surface area contributed by atoms with Crippen LogP contribution < -0.4 is 0 Å². The number of hydrogen-bond acceptors (Lipinski definition) is 2. The van der Waals surface area contributed by atoms with E-state index < -0.39 is 0 Å². The number of rotatable bonds is 4. The van der Waals surface area contributed by atoms with E-state index in [1.54, 1.807) is 0 Å². The van der Waals surface area contributed by atoms with Crippen molar-refractivity contribution in [3.05, 3.63) is 0 Å². The third-order valence-corrected chi connectivity index (χ3v) is 2.67. The van der Waals surface area contributed by atoms with Gasteiger partial charge in [-0.25, -0.2) is 0 Å². The highest BCUT2D eigenvalue weighted by Crippen LogP contribution is 2.09. The Bertz CT molecular complexity index is 203. The minimum Gasteiger partial charge on any atom is -0.342 e. The van der Waals surface area contributed by atoms with Gasteiger partial charge in [0, 0.05) is 32.4 Å². The van der Waals surface area contributed by atoms with Crippen molar-refractivity contribution in [1.29, 1.82) is 0 Å². The van der Waals surface area contributed by atoms with Crippen LogP contribution in [0.15, 0.2) is 0 Å². The molecule has 1 rings (SSSR count). The van der Waals surface area contributed by atoms with Gasteiger partial charge in [0.25, 0.3) is 0 Å². The molecule has 0 unspecified atom stereocenters. The van der Waals surface area contributed by atoms with E-state index in [0.717, 1.165) is 19.3 Å². The summed E-state index contributed by atoms with van der Waals surface area (Å²) in [6, 6.07) is 0. The van der Waals surface area contributed by atoms with Crippen LogP contribution >= 0.6 is 0 Å². The number of Topliss-reactive ketones (excluding diaryl/α,β-unsaturated/α-hetero) is 1. The molecule has 0 aromatic carbocycles. The fourth-order valence-electron chi connectivity index (χ4n) is 1.69. The molecule has 1 fully saturated rings. The van der Waals surface area contributed by atoms with Gasteiger partial charge in [0.1, 0.15) is 5.78 Å². The van der Waals surface area contributed by atoms with Crippen molar-refractivity contribution in [1.82, 2.24) is 4.90 Å². The zero-order chi connectivity index (χ0) is 10.4. The number of hydrogen-bond donors (Lipinski definition) is 0. The molecule has 1 aliphatic heterocycles. The molecular formula is C11H19NO2. The lowest BCUT2D eigenvalue weighted by molar-refractivity contribution is -0.134. The summed E-state index contributed by atoms with van der Waals surface area (Å²) in [5, 5.41) is 0. The molecule has 3 nitrogen and oxygen atoms in total. The number of carbonyl (C=O) groups excluding carboxylic acids is 2. The average Bonchev–Trinajstić information content (AvgIpc) is 2.19. The lowest BCUT2D eigenvalue weighted by Crippen LogP contribution is -2.38. The van der Waals surface area contributed by atoms with Gasteiger partial charge >= 0.3 is 0 Å². The predicted octanol–water partition coefficient (Wildman–Crippen LogP) is 1.76. The maximum atomic E-state index is 11.6. The van der Waals surface area contributed by atoms with Crippen molar-refractivity contribution in [2.24, 2.45) is 0 Å². The number of ketones is 1. The Morgan fingerprint density at radius 3 is 2.50 bits per heavy atom. The fourth-order valence-corrected chi connectivity index (χ4v) is 1.69. The van der Waals surface area contributed by atoms with Crippen LogP contribution in [0.1, 0.15) is 45.4 Å². The Hall–Kier alpha value is -0.860. The summed E-state index contributed by atoms with van der Waals surface area (Å²) in [5.41, 5.74) is 0. The van der Waals surface area contributed by atoms with Gasteiger partial charge in [-0.1, -0.05) is 19.8 Å². The molecule has 1 aliphatic rings. The Morgan fingerprint density at radius 2 is 1.93 bits per heavy atom. The van der Waals surface area contributed by atoms with E-state index in [4.69, 9.17) is 0 Å². The van der Waals surface area contributed by atoms with Gasteiger partial charge in [-0.2, -0.15) is 0 Å². The number of carbonyl (C=O) groups is 2. The zero-order valence-electron chi connectivity index (χ0n) is 8.92. The SMILES string of the molecule is CCCCCC(=O)N1CCC(=O)CC1. The highest BCUT2D eigenvalue weighted by atomic mass is 16.2. The number of amides is 1. The molecule has 0 spiro atoms. The van der Waals surface area contributed by atoms with Crippen LogP contribution in [0.5, 0.6) is 0 Å². The monoisotopic (exact) mass is 197 g/mol. The van der Waals surface area contributed by atoms with E-state index in [1.165, 1.54) is 0 Å². The molecule has 0 aromatic rings. The first-order valence-electron chi connectivity index (χ1n) is 5.53. The Kier molecular flexibility index (Phi) is 4.63. The van der Waals surface area contributed by atoms with Crippen molar-refractivity contribution >= 4 is 11.7 Å². The first kappa shape index (κ1) is 11.2. The summed E-state index contributed by atoms with van der Waals surface area (Å²) in [4.78, 5) is 24.4. The Morgan fingerprint density at radius 1 is 1.29 bits per heavy atom. The van der Waals surface area contributed by atoms with Gasteiger partial charge in [-0.3, -0.25) is 9.59 Å². The molecule has 0 atom stereocenters. The molecule has 1 amide bonds. The van der Waals surface area contributed by atoms with E-state index in [9.17, 15) is 9.59 Å². The third-order valence-electron chi connectivity index (χ3n) is 2.67. The van der Waals surface area contributed by atoms with Crippen LogP contribution in [0, 0.1) is 0 Å². The number of piperidine rings is 1. The van der Waals surface area contributed by atoms with Crippen LogP contribution in [0.25, 0.3) is 0 Å². The number of likely N-dealkylation sites (tertiary alicyclic amines) is 1. The van der Waals surface area contributed by atoms with Gasteiger partial charge in [0.2, 0.25) is 5.91 Å². The lowest BCUT2D eigenvalue weighted by atomic mass is 10.1. The van der Waals surface area contributed by atoms with Gasteiger partial charge in [-0.15, -0.1) is 0 Å². The predicted molar refractivity (Wildman–Crippen MR) is 55.0 cm³/mol. The van der Waals surface area contributed by atoms with E-state index in [2.05, 4.69) is 6.92 Å². The van der Waals surface area contributed by atoms with Crippen molar-refractivity contribution in [3.8, 4) is 0 Å². The molecule has 1 saturated heterocycles. The van der Waals surface area contributed by atoms with E-state index in [0.29, 0.717) is 38.1 Å². The summed E-state index contributed by atoms with van der Waals surface area (Å²) in [6.45, 7) is 3.41. The largest absolute Gasteiger partial charge is 0.342 e. The van der Waals surface area contributed by atoms with Crippen LogP contribution in [0.4, 0.5) is 0 Å². The fraction of sp³-hybridized carbons (Fsp3) is 0.818. The van der Waals surface area contributed by atoms with Gasteiger partial charge in [-0.05, 0) is 6.42 Å². The molecule has 3 heteroatoms. The van der Waals surface area contributed by atoms with E-state index in [-0.39, 0.29) is 5.91 Å². The minimum atomic E-state index is 0.228. The topological polar surface area (TPSA) is 37.4 Å². The smallest absolute Gasteiger partial charge is 0.222 e. The maximum absolute atomic E-state index is 11.6. The number of unbranched alkanes of at least 4 members (excludes halogenated alkanes) is 2. The van der Waals surface area contributed by atoms with Crippen LogP contribution in [0.3, 0.4) is 0 Å². The second-order valence-corrected chi connectivity index (χ2v) is 3.88. The van der Waals surface area contributed by atoms with E-state index in [1.807, 2.05) is 4.90 Å². The second kappa shape index (κ2) is 5.78. The number of nitrogens with zero attached hydrogens (tertiary/aromatic N) is 1. The van der Waals surface area contributed by atoms with Gasteiger partial charge in [0.05, 0.1) is 0 Å². The summed E-state index contributed by atoms with van der Waals surface area (Å²) < 4.78 is 0. The summed E-state index contributed by atoms with van der Waals surface area (Å²) in [6.07, 6.45) is 5.02. The molecule has 0 aliphatic carbocycles. The summed E-state index contributed by atoms with van der Waals surface area (Å²) in [7, 11) is 0. The van der Waals surface area contributed by atoms with Crippen LogP contribution in [-0.4, -0.2) is 29.7 Å². The first-order valence-corrected chi connectivity index (χ1v) is 5.53. The van der Waals surface area contributed by atoms with Crippen LogP contribution in [0.2, 0.25) is 0 Å². The lowest BCUT2D eigenvalue weighted by Gasteiger charge is -2.26. The first-order chi connectivity index (χ1) is 6.74. The van der Waals surface area contributed by atoms with Gasteiger partial charge < -0.3 is 4.90 Å². The molecule has 0 saturated carbocycles. The molecule has 0 radical (unpaired) electrons.